The van der Waals surface area contributed by atoms with Gasteiger partial charge in [-0.2, -0.15) is 0 Å². The highest BCUT2D eigenvalue weighted by Gasteiger charge is 2.08. The molecule has 1 amide bonds. The molecule has 0 saturated carbocycles. The number of aryl methyl sites for hydroxylation is 1. The minimum Gasteiger partial charge on any atom is -0.305 e. The van der Waals surface area contributed by atoms with E-state index in [1.54, 1.807) is 30.6 Å². The van der Waals surface area contributed by atoms with Crippen molar-refractivity contribution in [3.63, 3.8) is 0 Å². The Balaban J connectivity index is 1.96. The fourth-order valence-corrected chi connectivity index (χ4v) is 2.27. The Bertz CT molecular complexity index is 599. The first-order valence-electron chi connectivity index (χ1n) is 7.07. The minimum atomic E-state index is -0.249. The molecule has 0 atom stereocenters. The van der Waals surface area contributed by atoms with E-state index >= 15 is 0 Å². The van der Waals surface area contributed by atoms with E-state index < -0.39 is 0 Å². The normalized spacial score (nSPS) is 10.4. The molecule has 2 aromatic heterocycles. The quantitative estimate of drug-likeness (QED) is 0.795. The summed E-state index contributed by atoms with van der Waals surface area (Å²) in [5, 5.41) is 2.73. The van der Waals surface area contributed by atoms with E-state index in [1.807, 2.05) is 6.07 Å². The second-order valence-electron chi connectivity index (χ2n) is 4.82. The molecule has 4 nitrogen and oxygen atoms in total. The number of hydrogen-bond donors (Lipinski definition) is 1. The molecule has 5 heteroatoms. The van der Waals surface area contributed by atoms with Crippen LogP contribution in [0.25, 0.3) is 0 Å². The van der Waals surface area contributed by atoms with Gasteiger partial charge in [-0.1, -0.05) is 41.8 Å². The van der Waals surface area contributed by atoms with Crippen LogP contribution in [0.2, 0.25) is 0 Å². The van der Waals surface area contributed by atoms with Crippen molar-refractivity contribution in [2.45, 2.75) is 32.6 Å². The van der Waals surface area contributed by atoms with Crippen LogP contribution < -0.4 is 5.32 Å². The average molecular weight is 348 g/mol. The van der Waals surface area contributed by atoms with Crippen LogP contribution in [0, 0.1) is 0 Å². The molecule has 2 rings (SSSR count). The molecular weight excluding hydrogens is 330 g/mol. The van der Waals surface area contributed by atoms with Crippen LogP contribution in [0.5, 0.6) is 0 Å². The van der Waals surface area contributed by atoms with Gasteiger partial charge in [0.1, 0.15) is 11.5 Å². The third-order valence-electron chi connectivity index (χ3n) is 3.09. The third kappa shape index (κ3) is 4.93. The Morgan fingerprint density at radius 2 is 2.10 bits per heavy atom. The third-order valence-corrected chi connectivity index (χ3v) is 3.58. The molecule has 0 fully saturated rings. The maximum Gasteiger partial charge on any atom is 0.275 e. The van der Waals surface area contributed by atoms with Crippen LogP contribution >= 0.6 is 15.9 Å². The average Bonchev–Trinajstić information content (AvgIpc) is 2.48. The van der Waals surface area contributed by atoms with Gasteiger partial charge in [-0.15, -0.1) is 0 Å². The summed E-state index contributed by atoms with van der Waals surface area (Å²) in [4.78, 5) is 20.4. The molecule has 0 bridgehead atoms. The number of halogens is 1. The zero-order chi connectivity index (χ0) is 15.1. The van der Waals surface area contributed by atoms with Gasteiger partial charge in [-0.25, -0.2) is 4.98 Å². The topological polar surface area (TPSA) is 54.9 Å². The monoisotopic (exact) mass is 347 g/mol. The minimum absolute atomic E-state index is 0.249. The first kappa shape index (κ1) is 15.6. The molecule has 1 N–H and O–H groups in total. The van der Waals surface area contributed by atoms with Crippen molar-refractivity contribution in [3.05, 3.63) is 52.4 Å². The maximum absolute atomic E-state index is 12.1. The summed E-state index contributed by atoms with van der Waals surface area (Å²) >= 11 is 3.34. The van der Waals surface area contributed by atoms with Crippen molar-refractivity contribution in [2.75, 3.05) is 5.32 Å². The first-order chi connectivity index (χ1) is 10.2. The maximum atomic E-state index is 12.1. The van der Waals surface area contributed by atoms with Crippen LogP contribution in [0.3, 0.4) is 0 Å². The lowest BCUT2D eigenvalue weighted by Crippen LogP contribution is -2.14. The molecule has 2 aromatic rings. The van der Waals surface area contributed by atoms with Crippen LogP contribution in [-0.2, 0) is 6.42 Å². The number of unbranched alkanes of at least 4 members (excludes halogenated alkanes) is 2. The number of pyridine rings is 2. The smallest absolute Gasteiger partial charge is 0.275 e. The molecule has 0 radical (unpaired) electrons. The van der Waals surface area contributed by atoms with Gasteiger partial charge in [0.15, 0.2) is 0 Å². The summed E-state index contributed by atoms with van der Waals surface area (Å²) in [7, 11) is 0. The van der Waals surface area contributed by atoms with E-state index in [0.717, 1.165) is 17.3 Å². The van der Waals surface area contributed by atoms with E-state index in [1.165, 1.54) is 18.4 Å². The number of aromatic nitrogens is 2. The Labute approximate surface area is 133 Å². The fraction of sp³-hybridized carbons (Fsp3) is 0.312. The van der Waals surface area contributed by atoms with Crippen LogP contribution in [0.15, 0.2) is 41.1 Å². The van der Waals surface area contributed by atoms with Crippen LogP contribution in [0.1, 0.15) is 42.2 Å². The highest BCUT2D eigenvalue weighted by atomic mass is 79.9. The lowest BCUT2D eigenvalue weighted by Gasteiger charge is -2.05. The first-order valence-corrected chi connectivity index (χ1v) is 7.86. The van der Waals surface area contributed by atoms with Crippen molar-refractivity contribution in [1.82, 2.24) is 9.97 Å². The van der Waals surface area contributed by atoms with Crippen molar-refractivity contribution < 1.29 is 4.79 Å². The molecule has 0 spiro atoms. The predicted molar refractivity (Wildman–Crippen MR) is 87.4 cm³/mol. The van der Waals surface area contributed by atoms with Gasteiger partial charge in [-0.05, 0) is 36.6 Å². The molecule has 21 heavy (non-hydrogen) atoms. The van der Waals surface area contributed by atoms with Crippen molar-refractivity contribution in [3.8, 4) is 0 Å². The summed E-state index contributed by atoms with van der Waals surface area (Å²) in [6.45, 7) is 2.18. The summed E-state index contributed by atoms with van der Waals surface area (Å²) in [6, 6.07) is 7.27. The number of hydrogen-bond acceptors (Lipinski definition) is 3. The Hall–Kier alpha value is -1.75. The van der Waals surface area contributed by atoms with Gasteiger partial charge in [0.2, 0.25) is 0 Å². The summed E-state index contributed by atoms with van der Waals surface area (Å²) in [5.74, 6) is 0.254. The second kappa shape index (κ2) is 7.88. The fourth-order valence-electron chi connectivity index (χ4n) is 1.94. The molecule has 2 heterocycles. The summed E-state index contributed by atoms with van der Waals surface area (Å²) in [6.07, 6.45) is 7.99. The molecule has 0 aromatic carbocycles. The van der Waals surface area contributed by atoms with Gasteiger partial charge in [0.25, 0.3) is 5.91 Å². The largest absolute Gasteiger partial charge is 0.305 e. The van der Waals surface area contributed by atoms with Crippen molar-refractivity contribution >= 4 is 27.7 Å². The molecule has 0 aliphatic heterocycles. The molecule has 110 valence electrons. The van der Waals surface area contributed by atoms with Gasteiger partial charge in [0.05, 0.1) is 0 Å². The number of rotatable bonds is 6. The van der Waals surface area contributed by atoms with E-state index in [9.17, 15) is 4.79 Å². The van der Waals surface area contributed by atoms with Crippen molar-refractivity contribution in [1.29, 1.82) is 0 Å². The highest BCUT2D eigenvalue weighted by Crippen LogP contribution is 2.13. The zero-order valence-corrected chi connectivity index (χ0v) is 13.6. The predicted octanol–water partition coefficient (Wildman–Crippen LogP) is 4.22. The van der Waals surface area contributed by atoms with Gasteiger partial charge >= 0.3 is 0 Å². The summed E-state index contributed by atoms with van der Waals surface area (Å²) < 4.78 is 0.868. The highest BCUT2D eigenvalue weighted by molar-refractivity contribution is 9.10. The number of nitrogens with one attached hydrogen (secondary N) is 1. The molecule has 0 aliphatic carbocycles. The lowest BCUT2D eigenvalue weighted by molar-refractivity contribution is 0.102. The zero-order valence-electron chi connectivity index (χ0n) is 12.0. The van der Waals surface area contributed by atoms with E-state index in [0.29, 0.717) is 11.5 Å². The van der Waals surface area contributed by atoms with Gasteiger partial charge in [0, 0.05) is 16.9 Å². The van der Waals surface area contributed by atoms with E-state index in [4.69, 9.17) is 0 Å². The summed E-state index contributed by atoms with van der Waals surface area (Å²) in [5.41, 5.74) is 1.57. The molecule has 0 saturated heterocycles. The Kier molecular flexibility index (Phi) is 5.87. The second-order valence-corrected chi connectivity index (χ2v) is 5.74. The van der Waals surface area contributed by atoms with E-state index in [-0.39, 0.29) is 5.91 Å². The van der Waals surface area contributed by atoms with Crippen molar-refractivity contribution in [2.24, 2.45) is 0 Å². The Morgan fingerprint density at radius 1 is 1.24 bits per heavy atom. The number of carbonyl (C=O) groups is 1. The molecule has 0 aliphatic rings. The van der Waals surface area contributed by atoms with Crippen LogP contribution in [-0.4, -0.2) is 15.9 Å². The van der Waals surface area contributed by atoms with E-state index in [2.05, 4.69) is 38.1 Å². The number of amides is 1. The van der Waals surface area contributed by atoms with Gasteiger partial charge < -0.3 is 5.32 Å². The standard InChI is InChI=1S/C16H18BrN3O/c1-2-3-4-5-12-6-7-14(19-11-12)16(21)20-15-10-13(17)8-9-18-15/h6-11H,2-5H2,1H3,(H,18,20,21). The number of anilines is 1. The van der Waals surface area contributed by atoms with Crippen LogP contribution in [0.4, 0.5) is 5.82 Å². The SMILES string of the molecule is CCCCCc1ccc(C(=O)Nc2cc(Br)ccn2)nc1. The molecular formula is C16H18BrN3O. The number of nitrogens with zero attached hydrogens (tertiary/aromatic N) is 2. The number of carbonyl (C=O) groups excluding carboxylic acids is 1. The van der Waals surface area contributed by atoms with Gasteiger partial charge in [-0.3, -0.25) is 9.78 Å². The molecule has 0 unspecified atom stereocenters. The Morgan fingerprint density at radius 3 is 2.76 bits per heavy atom. The lowest BCUT2D eigenvalue weighted by atomic mass is 10.1.